The Kier molecular flexibility index (Phi) is 5.89. The van der Waals surface area contributed by atoms with Gasteiger partial charge in [-0.25, -0.2) is 0 Å². The smallest absolute Gasteiger partial charge is 0.228 e. The highest BCUT2D eigenvalue weighted by Crippen LogP contribution is 2.25. The summed E-state index contributed by atoms with van der Waals surface area (Å²) in [6, 6.07) is 0.507. The number of rotatable bonds is 2. The Morgan fingerprint density at radius 3 is 2.74 bits per heavy atom. The molecule has 3 fully saturated rings. The van der Waals surface area contributed by atoms with E-state index < -0.39 is 0 Å². The first-order valence-electron chi connectivity index (χ1n) is 9.11. The zero-order valence-corrected chi connectivity index (χ0v) is 14.0. The molecule has 6 heteroatoms. The van der Waals surface area contributed by atoms with E-state index in [-0.39, 0.29) is 17.7 Å². The average molecular weight is 323 g/mol. The topological polar surface area (TPSA) is 61.9 Å². The maximum absolute atomic E-state index is 12.7. The SMILES string of the molecule is O=C1CCN(C(=O)C2CN(C3CCOC3)C2)CCCCCCN1. The lowest BCUT2D eigenvalue weighted by molar-refractivity contribution is -0.142. The largest absolute Gasteiger partial charge is 0.380 e. The van der Waals surface area contributed by atoms with Crippen LogP contribution in [0.25, 0.3) is 0 Å². The van der Waals surface area contributed by atoms with Crippen LogP contribution in [0.2, 0.25) is 0 Å². The molecule has 0 aromatic carbocycles. The molecule has 23 heavy (non-hydrogen) atoms. The fourth-order valence-electron chi connectivity index (χ4n) is 3.70. The maximum atomic E-state index is 12.7. The monoisotopic (exact) mass is 323 g/mol. The van der Waals surface area contributed by atoms with Gasteiger partial charge in [0.25, 0.3) is 0 Å². The lowest BCUT2D eigenvalue weighted by Gasteiger charge is -2.43. The molecule has 0 radical (unpaired) electrons. The maximum Gasteiger partial charge on any atom is 0.228 e. The number of hydrogen-bond donors (Lipinski definition) is 1. The zero-order valence-electron chi connectivity index (χ0n) is 14.0. The summed E-state index contributed by atoms with van der Waals surface area (Å²) in [5.41, 5.74) is 0. The number of nitrogens with one attached hydrogen (secondary N) is 1. The van der Waals surface area contributed by atoms with Crippen molar-refractivity contribution in [2.24, 2.45) is 5.92 Å². The van der Waals surface area contributed by atoms with Crippen LogP contribution in [0.1, 0.15) is 38.5 Å². The summed E-state index contributed by atoms with van der Waals surface area (Å²) in [7, 11) is 0. The Morgan fingerprint density at radius 2 is 1.96 bits per heavy atom. The molecule has 0 spiro atoms. The Hall–Kier alpha value is -1.14. The minimum Gasteiger partial charge on any atom is -0.380 e. The van der Waals surface area contributed by atoms with Crippen LogP contribution in [0.5, 0.6) is 0 Å². The van der Waals surface area contributed by atoms with E-state index in [0.29, 0.717) is 19.0 Å². The van der Waals surface area contributed by atoms with E-state index >= 15 is 0 Å². The van der Waals surface area contributed by atoms with Crippen molar-refractivity contribution in [2.45, 2.75) is 44.6 Å². The predicted molar refractivity (Wildman–Crippen MR) is 87.0 cm³/mol. The van der Waals surface area contributed by atoms with E-state index in [1.54, 1.807) is 0 Å². The summed E-state index contributed by atoms with van der Waals surface area (Å²) < 4.78 is 5.42. The van der Waals surface area contributed by atoms with E-state index in [9.17, 15) is 9.59 Å². The molecule has 0 aliphatic carbocycles. The summed E-state index contributed by atoms with van der Waals surface area (Å²) >= 11 is 0. The van der Waals surface area contributed by atoms with Crippen molar-refractivity contribution in [3.05, 3.63) is 0 Å². The Balaban J connectivity index is 1.48. The first kappa shape index (κ1) is 16.7. The Labute approximate surface area is 138 Å². The van der Waals surface area contributed by atoms with Crippen LogP contribution in [0.3, 0.4) is 0 Å². The molecule has 130 valence electrons. The number of amides is 2. The number of likely N-dealkylation sites (tertiary alicyclic amines) is 1. The molecule has 1 N–H and O–H groups in total. The molecule has 3 aliphatic heterocycles. The Bertz CT molecular complexity index is 417. The first-order chi connectivity index (χ1) is 11.2. The highest BCUT2D eigenvalue weighted by molar-refractivity contribution is 5.81. The zero-order chi connectivity index (χ0) is 16.1. The molecule has 0 saturated carbocycles. The van der Waals surface area contributed by atoms with Crippen LogP contribution in [0, 0.1) is 5.92 Å². The van der Waals surface area contributed by atoms with Gasteiger partial charge < -0.3 is 15.0 Å². The molecule has 3 saturated heterocycles. The van der Waals surface area contributed by atoms with Crippen molar-refractivity contribution >= 4 is 11.8 Å². The lowest BCUT2D eigenvalue weighted by Crippen LogP contribution is -2.58. The summed E-state index contributed by atoms with van der Waals surface area (Å²) in [5, 5.41) is 2.94. The van der Waals surface area contributed by atoms with Gasteiger partial charge in [-0.3, -0.25) is 14.5 Å². The minimum absolute atomic E-state index is 0.0723. The highest BCUT2D eigenvalue weighted by Gasteiger charge is 2.39. The van der Waals surface area contributed by atoms with Crippen LogP contribution in [0.4, 0.5) is 0 Å². The minimum atomic E-state index is 0.0723. The van der Waals surface area contributed by atoms with Gasteiger partial charge in [0, 0.05) is 51.8 Å². The van der Waals surface area contributed by atoms with E-state index in [0.717, 1.165) is 71.5 Å². The van der Waals surface area contributed by atoms with Gasteiger partial charge in [-0.15, -0.1) is 0 Å². The van der Waals surface area contributed by atoms with Crippen molar-refractivity contribution in [1.82, 2.24) is 15.1 Å². The number of carbonyl (C=O) groups is 2. The second-order valence-electron chi connectivity index (χ2n) is 7.01. The number of hydrogen-bond acceptors (Lipinski definition) is 4. The summed E-state index contributed by atoms with van der Waals surface area (Å²) in [6.07, 6.45) is 5.87. The van der Waals surface area contributed by atoms with Gasteiger partial charge in [0.1, 0.15) is 0 Å². The van der Waals surface area contributed by atoms with Gasteiger partial charge in [-0.2, -0.15) is 0 Å². The molecule has 0 aromatic heterocycles. The molecule has 3 heterocycles. The molecule has 2 amide bonds. The molecule has 0 bridgehead atoms. The third kappa shape index (κ3) is 4.44. The van der Waals surface area contributed by atoms with E-state index in [4.69, 9.17) is 4.74 Å². The molecule has 0 aromatic rings. The second kappa shape index (κ2) is 8.11. The van der Waals surface area contributed by atoms with Crippen molar-refractivity contribution in [3.63, 3.8) is 0 Å². The average Bonchev–Trinajstić information content (AvgIpc) is 2.99. The standard InChI is InChI=1S/C17H29N3O3/c21-16-5-9-19(8-4-2-1-3-7-18-16)17(22)14-11-20(12-14)15-6-10-23-13-15/h14-15H,1-13H2,(H,18,21). The number of nitrogens with zero attached hydrogens (tertiary/aromatic N) is 2. The molecule has 6 nitrogen and oxygen atoms in total. The molecule has 3 rings (SSSR count). The summed E-state index contributed by atoms with van der Waals surface area (Å²) in [4.78, 5) is 28.8. The quantitative estimate of drug-likeness (QED) is 0.809. The fourth-order valence-corrected chi connectivity index (χ4v) is 3.70. The van der Waals surface area contributed by atoms with Crippen molar-refractivity contribution in [1.29, 1.82) is 0 Å². The van der Waals surface area contributed by atoms with Gasteiger partial charge in [-0.1, -0.05) is 12.8 Å². The van der Waals surface area contributed by atoms with Crippen molar-refractivity contribution in [2.75, 3.05) is 45.9 Å². The van der Waals surface area contributed by atoms with Gasteiger partial charge in [0.15, 0.2) is 0 Å². The van der Waals surface area contributed by atoms with E-state index in [2.05, 4.69) is 10.2 Å². The molecular formula is C17H29N3O3. The third-order valence-electron chi connectivity index (χ3n) is 5.28. The van der Waals surface area contributed by atoms with Gasteiger partial charge in [0.05, 0.1) is 12.5 Å². The predicted octanol–water partition coefficient (Wildman–Crippen LogP) is 0.616. The summed E-state index contributed by atoms with van der Waals surface area (Å²) in [6.45, 7) is 5.51. The normalized spacial score (nSPS) is 28.8. The van der Waals surface area contributed by atoms with Crippen LogP contribution >= 0.6 is 0 Å². The van der Waals surface area contributed by atoms with Crippen molar-refractivity contribution in [3.8, 4) is 0 Å². The second-order valence-corrected chi connectivity index (χ2v) is 7.01. The van der Waals surface area contributed by atoms with Crippen LogP contribution < -0.4 is 5.32 Å². The van der Waals surface area contributed by atoms with Crippen molar-refractivity contribution < 1.29 is 14.3 Å². The third-order valence-corrected chi connectivity index (χ3v) is 5.28. The fraction of sp³-hybridized carbons (Fsp3) is 0.882. The Morgan fingerprint density at radius 1 is 1.13 bits per heavy atom. The molecule has 3 aliphatic rings. The summed E-state index contributed by atoms with van der Waals surface area (Å²) in [5.74, 6) is 0.430. The molecule has 1 atom stereocenters. The van der Waals surface area contributed by atoms with Crippen LogP contribution in [-0.2, 0) is 14.3 Å². The highest BCUT2D eigenvalue weighted by atomic mass is 16.5. The van der Waals surface area contributed by atoms with E-state index in [1.165, 1.54) is 0 Å². The van der Waals surface area contributed by atoms with Gasteiger partial charge >= 0.3 is 0 Å². The molecular weight excluding hydrogens is 294 g/mol. The lowest BCUT2D eigenvalue weighted by atomic mass is 9.95. The number of ether oxygens (including phenoxy) is 1. The number of carbonyl (C=O) groups excluding carboxylic acids is 2. The molecule has 1 unspecified atom stereocenters. The van der Waals surface area contributed by atoms with Gasteiger partial charge in [0.2, 0.25) is 11.8 Å². The first-order valence-corrected chi connectivity index (χ1v) is 9.11. The van der Waals surface area contributed by atoms with Crippen LogP contribution in [-0.4, -0.2) is 73.6 Å². The van der Waals surface area contributed by atoms with Gasteiger partial charge in [-0.05, 0) is 19.3 Å². The van der Waals surface area contributed by atoms with Crippen LogP contribution in [0.15, 0.2) is 0 Å². The van der Waals surface area contributed by atoms with E-state index in [1.807, 2.05) is 4.90 Å².